The number of carbonyl (C=O) groups excluding carboxylic acids is 1. The van der Waals surface area contributed by atoms with E-state index in [0.717, 1.165) is 12.8 Å². The number of ether oxygens (including phenoxy) is 1. The predicted molar refractivity (Wildman–Crippen MR) is 56.0 cm³/mol. The summed E-state index contributed by atoms with van der Waals surface area (Å²) in [6.07, 6.45) is 1.14. The standard InChI is InChI=1S/C11H18O5/c1-16-7-8(12)6-11(10(14)15)5-3-2-4-9(11)13/h8,12H,2-7H2,1H3,(H,14,15). The number of aliphatic hydroxyl groups is 1. The van der Waals surface area contributed by atoms with Crippen molar-refractivity contribution in [2.45, 2.75) is 38.2 Å². The van der Waals surface area contributed by atoms with Crippen LogP contribution in [0.1, 0.15) is 32.1 Å². The van der Waals surface area contributed by atoms with Gasteiger partial charge < -0.3 is 14.9 Å². The summed E-state index contributed by atoms with van der Waals surface area (Å²) in [4.78, 5) is 23.0. The van der Waals surface area contributed by atoms with Gasteiger partial charge in [-0.25, -0.2) is 0 Å². The number of carboxylic acids is 1. The van der Waals surface area contributed by atoms with E-state index in [2.05, 4.69) is 0 Å². The van der Waals surface area contributed by atoms with Crippen molar-refractivity contribution in [1.29, 1.82) is 0 Å². The van der Waals surface area contributed by atoms with E-state index in [1.165, 1.54) is 7.11 Å². The summed E-state index contributed by atoms with van der Waals surface area (Å²) in [5.41, 5.74) is -1.39. The fourth-order valence-electron chi connectivity index (χ4n) is 2.27. The minimum absolute atomic E-state index is 0.0466. The fraction of sp³-hybridized carbons (Fsp3) is 0.818. The molecule has 2 atom stereocenters. The van der Waals surface area contributed by atoms with Crippen LogP contribution in [0.25, 0.3) is 0 Å². The van der Waals surface area contributed by atoms with E-state index < -0.39 is 17.5 Å². The lowest BCUT2D eigenvalue weighted by Gasteiger charge is -2.33. The topological polar surface area (TPSA) is 83.8 Å². The normalized spacial score (nSPS) is 27.8. The summed E-state index contributed by atoms with van der Waals surface area (Å²) in [5.74, 6) is -1.38. The van der Waals surface area contributed by atoms with Crippen molar-refractivity contribution in [3.05, 3.63) is 0 Å². The van der Waals surface area contributed by atoms with Gasteiger partial charge in [0.25, 0.3) is 0 Å². The van der Waals surface area contributed by atoms with Crippen LogP contribution < -0.4 is 0 Å². The molecule has 0 aliphatic heterocycles. The van der Waals surface area contributed by atoms with Crippen LogP contribution in [0, 0.1) is 5.41 Å². The SMILES string of the molecule is COCC(O)CC1(C(=O)O)CCCCC1=O. The first kappa shape index (κ1) is 13.1. The number of carboxylic acid groups (broad SMARTS) is 1. The number of Topliss-reactive ketones (excluding diaryl/α,β-unsaturated/α-hetero) is 1. The first-order valence-corrected chi connectivity index (χ1v) is 5.46. The van der Waals surface area contributed by atoms with E-state index >= 15 is 0 Å². The van der Waals surface area contributed by atoms with Crippen molar-refractivity contribution < 1.29 is 24.5 Å². The number of aliphatic hydroxyl groups excluding tert-OH is 1. The summed E-state index contributed by atoms with van der Waals surface area (Å²) in [6, 6.07) is 0. The summed E-state index contributed by atoms with van der Waals surface area (Å²) in [6.45, 7) is 0.0578. The maximum absolute atomic E-state index is 11.8. The van der Waals surface area contributed by atoms with Crippen molar-refractivity contribution >= 4 is 11.8 Å². The Bertz CT molecular complexity index is 276. The lowest BCUT2D eigenvalue weighted by molar-refractivity contribution is -0.160. The molecule has 16 heavy (non-hydrogen) atoms. The molecule has 5 heteroatoms. The van der Waals surface area contributed by atoms with Crippen molar-refractivity contribution in [2.75, 3.05) is 13.7 Å². The summed E-state index contributed by atoms with van der Waals surface area (Å²) in [7, 11) is 1.43. The molecule has 0 amide bonds. The molecule has 2 unspecified atom stereocenters. The minimum atomic E-state index is -1.39. The second-order valence-corrected chi connectivity index (χ2v) is 4.33. The number of hydrogen-bond acceptors (Lipinski definition) is 4. The molecule has 1 fully saturated rings. The van der Waals surface area contributed by atoms with Gasteiger partial charge in [0.15, 0.2) is 0 Å². The van der Waals surface area contributed by atoms with Gasteiger partial charge in [0.2, 0.25) is 0 Å². The van der Waals surface area contributed by atoms with Crippen molar-refractivity contribution in [3.63, 3.8) is 0 Å². The Kier molecular flexibility index (Phi) is 4.44. The number of rotatable bonds is 5. The molecular formula is C11H18O5. The third-order valence-electron chi connectivity index (χ3n) is 3.14. The van der Waals surface area contributed by atoms with Crippen LogP contribution in [-0.2, 0) is 14.3 Å². The third-order valence-corrected chi connectivity index (χ3v) is 3.14. The summed E-state index contributed by atoms with van der Waals surface area (Å²) in [5, 5.41) is 18.8. The number of methoxy groups -OCH3 is 1. The second kappa shape index (κ2) is 5.41. The van der Waals surface area contributed by atoms with Gasteiger partial charge in [0.1, 0.15) is 11.2 Å². The predicted octanol–water partition coefficient (Wildman–Crippen LogP) is 0.598. The van der Waals surface area contributed by atoms with Gasteiger partial charge in [-0.2, -0.15) is 0 Å². The van der Waals surface area contributed by atoms with Gasteiger partial charge >= 0.3 is 5.97 Å². The molecule has 0 aromatic rings. The highest BCUT2D eigenvalue weighted by atomic mass is 16.5. The van der Waals surface area contributed by atoms with Gasteiger partial charge in [-0.15, -0.1) is 0 Å². The quantitative estimate of drug-likeness (QED) is 0.675. The van der Waals surface area contributed by atoms with Gasteiger partial charge in [0, 0.05) is 13.5 Å². The van der Waals surface area contributed by atoms with Crippen molar-refractivity contribution in [3.8, 4) is 0 Å². The molecule has 0 radical (unpaired) electrons. The van der Waals surface area contributed by atoms with Crippen LogP contribution >= 0.6 is 0 Å². The smallest absolute Gasteiger partial charge is 0.317 e. The van der Waals surface area contributed by atoms with Crippen LogP contribution in [0.5, 0.6) is 0 Å². The Balaban J connectivity index is 2.79. The van der Waals surface area contributed by atoms with E-state index in [1.54, 1.807) is 0 Å². The number of carbonyl (C=O) groups is 2. The zero-order valence-corrected chi connectivity index (χ0v) is 9.44. The molecule has 0 saturated heterocycles. The average Bonchev–Trinajstić information content (AvgIpc) is 2.21. The highest BCUT2D eigenvalue weighted by molar-refractivity contribution is 6.03. The molecule has 0 aromatic carbocycles. The first-order valence-electron chi connectivity index (χ1n) is 5.46. The molecule has 0 aromatic heterocycles. The highest BCUT2D eigenvalue weighted by Crippen LogP contribution is 2.37. The lowest BCUT2D eigenvalue weighted by atomic mass is 9.69. The van der Waals surface area contributed by atoms with E-state index in [9.17, 15) is 19.8 Å². The van der Waals surface area contributed by atoms with Crippen LogP contribution in [0.3, 0.4) is 0 Å². The van der Waals surface area contributed by atoms with Gasteiger partial charge in [0.05, 0.1) is 12.7 Å². The molecular weight excluding hydrogens is 212 g/mol. The number of ketones is 1. The van der Waals surface area contributed by atoms with E-state index in [-0.39, 0.29) is 18.8 Å². The zero-order valence-electron chi connectivity index (χ0n) is 9.44. The Morgan fingerprint density at radius 2 is 2.25 bits per heavy atom. The van der Waals surface area contributed by atoms with Crippen molar-refractivity contribution in [2.24, 2.45) is 5.41 Å². The maximum atomic E-state index is 11.8. The molecule has 2 N–H and O–H groups in total. The molecule has 92 valence electrons. The summed E-state index contributed by atoms with van der Waals surface area (Å²) < 4.78 is 4.75. The number of aliphatic carboxylic acids is 1. The molecule has 1 rings (SSSR count). The molecule has 1 aliphatic carbocycles. The largest absolute Gasteiger partial charge is 0.480 e. The zero-order chi connectivity index (χ0) is 12.2. The summed E-state index contributed by atoms with van der Waals surface area (Å²) >= 11 is 0. The minimum Gasteiger partial charge on any atom is -0.480 e. The van der Waals surface area contributed by atoms with E-state index in [1.807, 2.05) is 0 Å². The molecule has 0 spiro atoms. The average molecular weight is 230 g/mol. The van der Waals surface area contributed by atoms with Crippen LogP contribution in [-0.4, -0.2) is 41.8 Å². The molecule has 5 nitrogen and oxygen atoms in total. The van der Waals surface area contributed by atoms with Gasteiger partial charge in [-0.05, 0) is 19.3 Å². The fourth-order valence-corrected chi connectivity index (χ4v) is 2.27. The first-order chi connectivity index (χ1) is 7.53. The van der Waals surface area contributed by atoms with Crippen LogP contribution in [0.15, 0.2) is 0 Å². The van der Waals surface area contributed by atoms with Crippen molar-refractivity contribution in [1.82, 2.24) is 0 Å². The molecule has 0 bridgehead atoms. The Morgan fingerprint density at radius 3 is 2.75 bits per heavy atom. The van der Waals surface area contributed by atoms with Crippen LogP contribution in [0.2, 0.25) is 0 Å². The van der Waals surface area contributed by atoms with Crippen LogP contribution in [0.4, 0.5) is 0 Å². The molecule has 0 heterocycles. The third kappa shape index (κ3) is 2.59. The van der Waals surface area contributed by atoms with Gasteiger partial charge in [-0.1, -0.05) is 6.42 Å². The Hall–Kier alpha value is -0.940. The van der Waals surface area contributed by atoms with Gasteiger partial charge in [-0.3, -0.25) is 9.59 Å². The molecule has 1 saturated carbocycles. The van der Waals surface area contributed by atoms with E-state index in [0.29, 0.717) is 12.8 Å². The molecule has 1 aliphatic rings. The second-order valence-electron chi connectivity index (χ2n) is 4.33. The Morgan fingerprint density at radius 1 is 1.56 bits per heavy atom. The lowest BCUT2D eigenvalue weighted by Crippen LogP contribution is -2.44. The Labute approximate surface area is 94.4 Å². The monoisotopic (exact) mass is 230 g/mol. The number of hydrogen-bond donors (Lipinski definition) is 2. The maximum Gasteiger partial charge on any atom is 0.317 e. The van der Waals surface area contributed by atoms with E-state index in [4.69, 9.17) is 4.74 Å². The highest BCUT2D eigenvalue weighted by Gasteiger charge is 2.47.